The number of methoxy groups -OCH3 is 1. The zero-order valence-electron chi connectivity index (χ0n) is 8.90. The summed E-state index contributed by atoms with van der Waals surface area (Å²) in [6.07, 6.45) is -0.137. The molecule has 0 spiro atoms. The van der Waals surface area contributed by atoms with Gasteiger partial charge in [0.15, 0.2) is 6.29 Å². The number of nitrogens with one attached hydrogen (secondary N) is 1. The molecule has 0 heterocycles. The van der Waals surface area contributed by atoms with E-state index in [1.807, 2.05) is 30.3 Å². The van der Waals surface area contributed by atoms with E-state index in [1.54, 1.807) is 6.92 Å². The summed E-state index contributed by atoms with van der Waals surface area (Å²) in [6.45, 7) is 1.70. The fourth-order valence-electron chi connectivity index (χ4n) is 1.01. The lowest BCUT2D eigenvalue weighted by Crippen LogP contribution is -2.30. The first-order valence-corrected chi connectivity index (χ1v) is 4.73. The second-order valence-corrected chi connectivity index (χ2v) is 3.11. The number of ether oxygens (including phenoxy) is 1. The monoisotopic (exact) mass is 209 g/mol. The number of carbonyl (C=O) groups is 1. The van der Waals surface area contributed by atoms with Gasteiger partial charge in [0.25, 0.3) is 0 Å². The molecule has 0 aliphatic carbocycles. The van der Waals surface area contributed by atoms with Gasteiger partial charge in [-0.05, 0) is 12.5 Å². The number of carbonyl (C=O) groups excluding carboxylic acids is 1. The van der Waals surface area contributed by atoms with Crippen molar-refractivity contribution in [3.8, 4) is 0 Å². The molecule has 4 nitrogen and oxygen atoms in total. The van der Waals surface area contributed by atoms with E-state index >= 15 is 0 Å². The summed E-state index contributed by atoms with van der Waals surface area (Å²) in [6, 6.07) is 9.46. The standard InChI is InChI=1S/C11H15NO3/c1-9(14-2)15-12-11(13)8-10-6-4-3-5-7-10/h3-7,9H,8H2,1-2H3,(H,12,13). The van der Waals surface area contributed by atoms with E-state index in [9.17, 15) is 4.79 Å². The SMILES string of the molecule is COC(C)ONC(=O)Cc1ccccc1. The number of benzene rings is 1. The number of amides is 1. The third kappa shape index (κ3) is 4.58. The first kappa shape index (κ1) is 11.7. The van der Waals surface area contributed by atoms with E-state index in [4.69, 9.17) is 9.57 Å². The van der Waals surface area contributed by atoms with Gasteiger partial charge in [-0.25, -0.2) is 10.3 Å². The summed E-state index contributed by atoms with van der Waals surface area (Å²) in [5, 5.41) is 0. The average Bonchev–Trinajstić information content (AvgIpc) is 2.27. The lowest BCUT2D eigenvalue weighted by Gasteiger charge is -2.10. The second kappa shape index (κ2) is 6.16. The van der Waals surface area contributed by atoms with E-state index in [0.29, 0.717) is 6.42 Å². The molecule has 82 valence electrons. The Balaban J connectivity index is 2.31. The van der Waals surface area contributed by atoms with Crippen LogP contribution >= 0.6 is 0 Å². The van der Waals surface area contributed by atoms with Crippen LogP contribution in [0.25, 0.3) is 0 Å². The van der Waals surface area contributed by atoms with E-state index < -0.39 is 6.29 Å². The molecule has 1 amide bonds. The van der Waals surface area contributed by atoms with Crippen molar-refractivity contribution in [2.75, 3.05) is 7.11 Å². The molecule has 0 aliphatic heterocycles. The molecule has 1 atom stereocenters. The maximum Gasteiger partial charge on any atom is 0.248 e. The summed E-state index contributed by atoms with van der Waals surface area (Å²) >= 11 is 0. The van der Waals surface area contributed by atoms with Gasteiger partial charge in [0, 0.05) is 7.11 Å². The Morgan fingerprint density at radius 2 is 2.07 bits per heavy atom. The molecule has 4 heteroatoms. The molecular formula is C11H15NO3. The number of hydrogen-bond acceptors (Lipinski definition) is 3. The maximum atomic E-state index is 11.3. The largest absolute Gasteiger partial charge is 0.354 e. The minimum Gasteiger partial charge on any atom is -0.354 e. The van der Waals surface area contributed by atoms with Crippen LogP contribution in [0.1, 0.15) is 12.5 Å². The molecule has 1 aromatic rings. The van der Waals surface area contributed by atoms with Crippen molar-refractivity contribution in [2.24, 2.45) is 0 Å². The van der Waals surface area contributed by atoms with Gasteiger partial charge in [-0.2, -0.15) is 0 Å². The lowest BCUT2D eigenvalue weighted by molar-refractivity contribution is -0.170. The van der Waals surface area contributed by atoms with Gasteiger partial charge in [-0.3, -0.25) is 4.79 Å². The minimum absolute atomic E-state index is 0.190. The van der Waals surface area contributed by atoms with Crippen molar-refractivity contribution in [1.29, 1.82) is 0 Å². The molecule has 1 unspecified atom stereocenters. The molecule has 15 heavy (non-hydrogen) atoms. The van der Waals surface area contributed by atoms with E-state index in [0.717, 1.165) is 5.56 Å². The van der Waals surface area contributed by atoms with E-state index in [-0.39, 0.29) is 5.91 Å². The Labute approximate surface area is 89.1 Å². The van der Waals surface area contributed by atoms with Crippen LogP contribution < -0.4 is 5.48 Å². The fraction of sp³-hybridized carbons (Fsp3) is 0.364. The van der Waals surface area contributed by atoms with Crippen LogP contribution in [-0.4, -0.2) is 19.3 Å². The van der Waals surface area contributed by atoms with Gasteiger partial charge in [0.05, 0.1) is 6.42 Å². The van der Waals surface area contributed by atoms with Crippen LogP contribution in [-0.2, 0) is 20.8 Å². The van der Waals surface area contributed by atoms with Crippen LogP contribution in [0.2, 0.25) is 0 Å². The van der Waals surface area contributed by atoms with Crippen molar-refractivity contribution >= 4 is 5.91 Å². The Kier molecular flexibility index (Phi) is 4.80. The van der Waals surface area contributed by atoms with Gasteiger partial charge >= 0.3 is 0 Å². The van der Waals surface area contributed by atoms with Gasteiger partial charge < -0.3 is 4.74 Å². The van der Waals surface area contributed by atoms with Gasteiger partial charge in [-0.15, -0.1) is 0 Å². The fourth-order valence-corrected chi connectivity index (χ4v) is 1.01. The third-order valence-corrected chi connectivity index (χ3v) is 1.88. The Morgan fingerprint density at radius 1 is 1.40 bits per heavy atom. The molecular weight excluding hydrogens is 194 g/mol. The van der Waals surface area contributed by atoms with Crippen LogP contribution in [0, 0.1) is 0 Å². The van der Waals surface area contributed by atoms with Gasteiger partial charge in [-0.1, -0.05) is 30.3 Å². The van der Waals surface area contributed by atoms with Gasteiger partial charge in [0.2, 0.25) is 5.91 Å². The number of hydrogen-bond donors (Lipinski definition) is 1. The van der Waals surface area contributed by atoms with Crippen molar-refractivity contribution < 1.29 is 14.4 Å². The van der Waals surface area contributed by atoms with Crippen LogP contribution in [0.3, 0.4) is 0 Å². The van der Waals surface area contributed by atoms with Crippen molar-refractivity contribution in [2.45, 2.75) is 19.6 Å². The molecule has 0 bridgehead atoms. The molecule has 0 radical (unpaired) electrons. The molecule has 0 saturated carbocycles. The topological polar surface area (TPSA) is 47.6 Å². The number of hydroxylamine groups is 1. The minimum atomic E-state index is -0.440. The zero-order valence-corrected chi connectivity index (χ0v) is 8.90. The Hall–Kier alpha value is -1.39. The van der Waals surface area contributed by atoms with E-state index in [2.05, 4.69) is 5.48 Å². The molecule has 0 saturated heterocycles. The highest BCUT2D eigenvalue weighted by molar-refractivity contribution is 5.77. The Bertz CT molecular complexity index is 300. The summed E-state index contributed by atoms with van der Waals surface area (Å²) in [4.78, 5) is 16.2. The third-order valence-electron chi connectivity index (χ3n) is 1.88. The van der Waals surface area contributed by atoms with Crippen LogP contribution in [0.15, 0.2) is 30.3 Å². The normalized spacial score (nSPS) is 12.1. The summed E-state index contributed by atoms with van der Waals surface area (Å²) < 4.78 is 4.81. The molecule has 0 fully saturated rings. The number of rotatable bonds is 5. The predicted octanol–water partition coefficient (Wildman–Crippen LogP) is 1.27. The van der Waals surface area contributed by atoms with Gasteiger partial charge in [0.1, 0.15) is 0 Å². The average molecular weight is 209 g/mol. The molecule has 1 aromatic carbocycles. The first-order chi connectivity index (χ1) is 7.22. The molecule has 1 N–H and O–H groups in total. The zero-order chi connectivity index (χ0) is 11.1. The quantitative estimate of drug-likeness (QED) is 0.586. The van der Waals surface area contributed by atoms with Crippen molar-refractivity contribution in [1.82, 2.24) is 5.48 Å². The second-order valence-electron chi connectivity index (χ2n) is 3.11. The van der Waals surface area contributed by atoms with Crippen LogP contribution in [0.4, 0.5) is 0 Å². The van der Waals surface area contributed by atoms with E-state index in [1.165, 1.54) is 7.11 Å². The highest BCUT2D eigenvalue weighted by atomic mass is 16.8. The summed E-state index contributed by atoms with van der Waals surface area (Å²) in [5.74, 6) is -0.190. The first-order valence-electron chi connectivity index (χ1n) is 4.73. The summed E-state index contributed by atoms with van der Waals surface area (Å²) in [5.41, 5.74) is 3.27. The maximum absolute atomic E-state index is 11.3. The van der Waals surface area contributed by atoms with Crippen molar-refractivity contribution in [3.63, 3.8) is 0 Å². The van der Waals surface area contributed by atoms with Crippen LogP contribution in [0.5, 0.6) is 0 Å². The molecule has 0 aliphatic rings. The van der Waals surface area contributed by atoms with Crippen molar-refractivity contribution in [3.05, 3.63) is 35.9 Å². The molecule has 0 aromatic heterocycles. The smallest absolute Gasteiger partial charge is 0.248 e. The Morgan fingerprint density at radius 3 is 2.67 bits per heavy atom. The molecule has 1 rings (SSSR count). The summed E-state index contributed by atoms with van der Waals surface area (Å²) in [7, 11) is 1.51. The highest BCUT2D eigenvalue weighted by Crippen LogP contribution is 1.99. The predicted molar refractivity (Wildman–Crippen MR) is 55.8 cm³/mol. The highest BCUT2D eigenvalue weighted by Gasteiger charge is 2.05. The lowest BCUT2D eigenvalue weighted by atomic mass is 10.1.